The Hall–Kier alpha value is -2.10. The molecule has 0 radical (unpaired) electrons. The molecule has 0 aliphatic rings. The zero-order valence-corrected chi connectivity index (χ0v) is 10.2. The lowest BCUT2D eigenvalue weighted by Gasteiger charge is -2.13. The van der Waals surface area contributed by atoms with Crippen LogP contribution in [0.15, 0.2) is 40.8 Å². The van der Waals surface area contributed by atoms with Gasteiger partial charge in [0, 0.05) is 0 Å². The number of amides is 1. The Kier molecular flexibility index (Phi) is 3.46. The fourth-order valence-corrected chi connectivity index (χ4v) is 1.66. The molecule has 0 fully saturated rings. The predicted molar refractivity (Wildman–Crippen MR) is 65.7 cm³/mol. The highest BCUT2D eigenvalue weighted by atomic mass is 19.1. The summed E-state index contributed by atoms with van der Waals surface area (Å²) in [5.41, 5.74) is 0.841. The van der Waals surface area contributed by atoms with Crippen LogP contribution in [0.1, 0.15) is 34.8 Å². The molecule has 4 heteroatoms. The summed E-state index contributed by atoms with van der Waals surface area (Å²) < 4.78 is 18.0. The maximum Gasteiger partial charge on any atom is 0.287 e. The molecule has 0 bridgehead atoms. The summed E-state index contributed by atoms with van der Waals surface area (Å²) in [6.45, 7) is 3.61. The van der Waals surface area contributed by atoms with E-state index < -0.39 is 0 Å². The molecular weight excluding hydrogens is 233 g/mol. The Bertz CT molecular complexity index is 545. The van der Waals surface area contributed by atoms with Gasteiger partial charge in [-0.1, -0.05) is 12.1 Å². The number of rotatable bonds is 3. The van der Waals surface area contributed by atoms with Gasteiger partial charge in [0.15, 0.2) is 5.76 Å². The molecule has 94 valence electrons. The molecule has 1 aromatic heterocycles. The molecule has 1 atom stereocenters. The van der Waals surface area contributed by atoms with Crippen LogP contribution in [0.25, 0.3) is 0 Å². The number of carbonyl (C=O) groups excluding carboxylic acids is 1. The van der Waals surface area contributed by atoms with Gasteiger partial charge < -0.3 is 9.73 Å². The van der Waals surface area contributed by atoms with E-state index in [-0.39, 0.29) is 23.5 Å². The summed E-state index contributed by atoms with van der Waals surface area (Å²) >= 11 is 0. The van der Waals surface area contributed by atoms with Gasteiger partial charge >= 0.3 is 0 Å². The average Bonchev–Trinajstić information content (AvgIpc) is 2.76. The van der Waals surface area contributed by atoms with Crippen LogP contribution in [0.2, 0.25) is 0 Å². The van der Waals surface area contributed by atoms with Gasteiger partial charge in [-0.05, 0) is 43.7 Å². The molecule has 0 saturated carbocycles. The van der Waals surface area contributed by atoms with Crippen molar-refractivity contribution in [2.75, 3.05) is 0 Å². The van der Waals surface area contributed by atoms with E-state index in [0.29, 0.717) is 5.76 Å². The summed E-state index contributed by atoms with van der Waals surface area (Å²) in [4.78, 5) is 11.8. The van der Waals surface area contributed by atoms with Crippen molar-refractivity contribution in [2.45, 2.75) is 19.9 Å². The standard InChI is InChI=1S/C14H14FNO2/c1-9-3-8-13(18-9)14(17)16-10(2)11-4-6-12(15)7-5-11/h3-8,10H,1-2H3,(H,16,17). The van der Waals surface area contributed by atoms with Crippen molar-refractivity contribution in [1.29, 1.82) is 0 Å². The quantitative estimate of drug-likeness (QED) is 0.904. The van der Waals surface area contributed by atoms with Crippen LogP contribution in [0.5, 0.6) is 0 Å². The van der Waals surface area contributed by atoms with E-state index in [0.717, 1.165) is 5.56 Å². The van der Waals surface area contributed by atoms with Crippen molar-refractivity contribution < 1.29 is 13.6 Å². The van der Waals surface area contributed by atoms with Crippen molar-refractivity contribution in [3.63, 3.8) is 0 Å². The highest BCUT2D eigenvalue weighted by Crippen LogP contribution is 2.14. The largest absolute Gasteiger partial charge is 0.456 e. The summed E-state index contributed by atoms with van der Waals surface area (Å²) in [5, 5.41) is 2.79. The van der Waals surface area contributed by atoms with E-state index >= 15 is 0 Å². The van der Waals surface area contributed by atoms with Crippen molar-refractivity contribution in [2.24, 2.45) is 0 Å². The highest BCUT2D eigenvalue weighted by Gasteiger charge is 2.14. The molecule has 1 aromatic carbocycles. The van der Waals surface area contributed by atoms with Gasteiger partial charge in [0.05, 0.1) is 6.04 Å². The zero-order valence-electron chi connectivity index (χ0n) is 10.2. The molecule has 1 N–H and O–H groups in total. The average molecular weight is 247 g/mol. The maximum atomic E-state index is 12.8. The first-order valence-electron chi connectivity index (χ1n) is 5.69. The fraction of sp³-hybridized carbons (Fsp3) is 0.214. The number of aryl methyl sites for hydroxylation is 1. The van der Waals surface area contributed by atoms with Crippen LogP contribution in [-0.4, -0.2) is 5.91 Å². The molecule has 2 rings (SSSR count). The highest BCUT2D eigenvalue weighted by molar-refractivity contribution is 5.91. The van der Waals surface area contributed by atoms with Gasteiger partial charge in [-0.2, -0.15) is 0 Å². The second kappa shape index (κ2) is 5.04. The monoisotopic (exact) mass is 247 g/mol. The molecule has 2 aromatic rings. The first-order chi connectivity index (χ1) is 8.56. The normalized spacial score (nSPS) is 12.2. The molecule has 1 unspecified atom stereocenters. The first kappa shape index (κ1) is 12.4. The van der Waals surface area contributed by atoms with Gasteiger partial charge in [-0.25, -0.2) is 4.39 Å². The minimum atomic E-state index is -0.293. The van der Waals surface area contributed by atoms with Gasteiger partial charge in [-0.15, -0.1) is 0 Å². The molecule has 3 nitrogen and oxygen atoms in total. The Morgan fingerprint density at radius 1 is 1.22 bits per heavy atom. The van der Waals surface area contributed by atoms with E-state index in [9.17, 15) is 9.18 Å². The number of halogens is 1. The second-order valence-corrected chi connectivity index (χ2v) is 4.16. The lowest BCUT2D eigenvalue weighted by atomic mass is 10.1. The maximum absolute atomic E-state index is 12.8. The fourth-order valence-electron chi connectivity index (χ4n) is 1.66. The third kappa shape index (κ3) is 2.77. The Morgan fingerprint density at radius 3 is 2.44 bits per heavy atom. The van der Waals surface area contributed by atoms with Crippen LogP contribution in [0.4, 0.5) is 4.39 Å². The molecular formula is C14H14FNO2. The third-order valence-corrected chi connectivity index (χ3v) is 2.68. The molecule has 18 heavy (non-hydrogen) atoms. The number of hydrogen-bond donors (Lipinski definition) is 1. The smallest absolute Gasteiger partial charge is 0.287 e. The Labute approximate surface area is 105 Å². The van der Waals surface area contributed by atoms with Crippen molar-refractivity contribution >= 4 is 5.91 Å². The number of furan rings is 1. The van der Waals surface area contributed by atoms with Crippen LogP contribution in [0.3, 0.4) is 0 Å². The van der Waals surface area contributed by atoms with Crippen molar-refractivity contribution in [3.05, 3.63) is 59.3 Å². The third-order valence-electron chi connectivity index (χ3n) is 2.68. The second-order valence-electron chi connectivity index (χ2n) is 4.16. The van der Waals surface area contributed by atoms with Gasteiger partial charge in [0.2, 0.25) is 0 Å². The molecule has 0 aliphatic carbocycles. The topological polar surface area (TPSA) is 42.2 Å². The van der Waals surface area contributed by atoms with E-state index in [2.05, 4.69) is 5.32 Å². The van der Waals surface area contributed by atoms with Crippen molar-refractivity contribution in [3.8, 4) is 0 Å². The van der Waals surface area contributed by atoms with Gasteiger partial charge in [-0.3, -0.25) is 4.79 Å². The minimum Gasteiger partial charge on any atom is -0.456 e. The number of benzene rings is 1. The van der Waals surface area contributed by atoms with E-state index in [1.54, 1.807) is 31.2 Å². The molecule has 0 aliphatic heterocycles. The summed E-state index contributed by atoms with van der Waals surface area (Å²) in [5.74, 6) is 0.398. The Balaban J connectivity index is 2.05. The lowest BCUT2D eigenvalue weighted by molar-refractivity contribution is 0.0910. The SMILES string of the molecule is Cc1ccc(C(=O)NC(C)c2ccc(F)cc2)o1. The molecule has 1 heterocycles. The first-order valence-corrected chi connectivity index (χ1v) is 5.69. The van der Waals surface area contributed by atoms with Gasteiger partial charge in [0.25, 0.3) is 5.91 Å². The predicted octanol–water partition coefficient (Wildman–Crippen LogP) is 3.22. The lowest BCUT2D eigenvalue weighted by Crippen LogP contribution is -2.26. The van der Waals surface area contributed by atoms with E-state index in [4.69, 9.17) is 4.42 Å². The van der Waals surface area contributed by atoms with Crippen LogP contribution in [0, 0.1) is 12.7 Å². The Morgan fingerprint density at radius 2 is 1.89 bits per heavy atom. The molecule has 0 saturated heterocycles. The minimum absolute atomic E-state index is 0.205. The summed E-state index contributed by atoms with van der Waals surface area (Å²) in [6, 6.07) is 9.19. The number of carbonyl (C=O) groups is 1. The van der Waals surface area contributed by atoms with E-state index in [1.165, 1.54) is 12.1 Å². The summed E-state index contributed by atoms with van der Waals surface area (Å²) in [7, 11) is 0. The van der Waals surface area contributed by atoms with Crippen LogP contribution >= 0.6 is 0 Å². The van der Waals surface area contributed by atoms with Crippen LogP contribution in [-0.2, 0) is 0 Å². The van der Waals surface area contributed by atoms with Gasteiger partial charge in [0.1, 0.15) is 11.6 Å². The van der Waals surface area contributed by atoms with Crippen molar-refractivity contribution in [1.82, 2.24) is 5.32 Å². The summed E-state index contributed by atoms with van der Waals surface area (Å²) in [6.07, 6.45) is 0. The molecule has 1 amide bonds. The van der Waals surface area contributed by atoms with E-state index in [1.807, 2.05) is 6.92 Å². The number of hydrogen-bond acceptors (Lipinski definition) is 2. The van der Waals surface area contributed by atoms with Crippen LogP contribution < -0.4 is 5.32 Å². The molecule has 0 spiro atoms. The number of nitrogens with one attached hydrogen (secondary N) is 1. The zero-order chi connectivity index (χ0) is 13.1.